The molecule has 2 amide bonds. The molecule has 1 rings (SSSR count). The van der Waals surface area contributed by atoms with Crippen LogP contribution in [-0.4, -0.2) is 40.9 Å². The summed E-state index contributed by atoms with van der Waals surface area (Å²) in [7, 11) is 0. The second kappa shape index (κ2) is 8.04. The van der Waals surface area contributed by atoms with Gasteiger partial charge in [-0.3, -0.25) is 9.59 Å². The van der Waals surface area contributed by atoms with Crippen molar-refractivity contribution >= 4 is 23.6 Å². The van der Waals surface area contributed by atoms with Crippen LogP contribution in [0.1, 0.15) is 20.8 Å². The summed E-state index contributed by atoms with van der Waals surface area (Å²) >= 11 is 1.61. The lowest BCUT2D eigenvalue weighted by molar-refractivity contribution is -0.134. The SMILES string of the molecule is C/C=C/C=C/C(=O)N1CSCC1C(=O)NCC(C)C. The Morgan fingerprint density at radius 2 is 2.16 bits per heavy atom. The molecule has 106 valence electrons. The van der Waals surface area contributed by atoms with Crippen molar-refractivity contribution < 1.29 is 9.59 Å². The molecule has 0 aromatic carbocycles. The van der Waals surface area contributed by atoms with Crippen molar-refractivity contribution in [3.05, 3.63) is 24.3 Å². The summed E-state index contributed by atoms with van der Waals surface area (Å²) in [6, 6.07) is -0.341. The third kappa shape index (κ3) is 5.11. The number of carbonyl (C=O) groups excluding carboxylic acids is 2. The van der Waals surface area contributed by atoms with Gasteiger partial charge in [0.05, 0.1) is 5.88 Å². The minimum absolute atomic E-state index is 0.0496. The standard InChI is InChI=1S/C14H22N2O2S/c1-4-5-6-7-13(17)16-10-19-9-12(16)14(18)15-8-11(2)3/h4-7,11-12H,8-10H2,1-3H3,(H,15,18)/b5-4+,7-6+. The molecule has 1 heterocycles. The van der Waals surface area contributed by atoms with E-state index in [1.54, 1.807) is 28.8 Å². The van der Waals surface area contributed by atoms with Crippen LogP contribution >= 0.6 is 11.8 Å². The molecule has 1 aliphatic heterocycles. The number of nitrogens with one attached hydrogen (secondary N) is 1. The lowest BCUT2D eigenvalue weighted by Gasteiger charge is -2.22. The fraction of sp³-hybridized carbons (Fsp3) is 0.571. The van der Waals surface area contributed by atoms with Crippen molar-refractivity contribution in [2.75, 3.05) is 18.2 Å². The monoisotopic (exact) mass is 282 g/mol. The number of carbonyl (C=O) groups is 2. The summed E-state index contributed by atoms with van der Waals surface area (Å²) in [5.74, 6) is 1.52. The molecule has 0 radical (unpaired) electrons. The molecule has 0 spiro atoms. The molecule has 1 aliphatic rings. The first-order chi connectivity index (χ1) is 9.06. The van der Waals surface area contributed by atoms with Gasteiger partial charge in [0.2, 0.25) is 11.8 Å². The highest BCUT2D eigenvalue weighted by Crippen LogP contribution is 2.21. The highest BCUT2D eigenvalue weighted by atomic mass is 32.2. The molecule has 0 saturated carbocycles. The van der Waals surface area contributed by atoms with Gasteiger partial charge in [-0.15, -0.1) is 11.8 Å². The van der Waals surface area contributed by atoms with Crippen LogP contribution in [0.15, 0.2) is 24.3 Å². The zero-order chi connectivity index (χ0) is 14.3. The Morgan fingerprint density at radius 1 is 1.42 bits per heavy atom. The molecule has 0 aromatic heterocycles. The lowest BCUT2D eigenvalue weighted by atomic mass is 10.2. The third-order valence-electron chi connectivity index (χ3n) is 2.69. The van der Waals surface area contributed by atoms with Crippen LogP contribution < -0.4 is 5.32 Å². The molecule has 19 heavy (non-hydrogen) atoms. The summed E-state index contributed by atoms with van der Waals surface area (Å²) in [4.78, 5) is 25.6. The predicted molar refractivity (Wildman–Crippen MR) is 79.8 cm³/mol. The number of amides is 2. The third-order valence-corrected chi connectivity index (χ3v) is 3.71. The molecule has 1 unspecified atom stereocenters. The largest absolute Gasteiger partial charge is 0.354 e. The molecule has 1 saturated heterocycles. The molecular weight excluding hydrogens is 260 g/mol. The Balaban J connectivity index is 2.58. The molecule has 0 aromatic rings. The number of thioether (sulfide) groups is 1. The molecule has 4 nitrogen and oxygen atoms in total. The lowest BCUT2D eigenvalue weighted by Crippen LogP contribution is -2.47. The van der Waals surface area contributed by atoms with E-state index in [2.05, 4.69) is 5.32 Å². The summed E-state index contributed by atoms with van der Waals surface area (Å²) in [5, 5.41) is 2.89. The number of rotatable bonds is 5. The van der Waals surface area contributed by atoms with E-state index in [0.717, 1.165) is 0 Å². The minimum Gasteiger partial charge on any atom is -0.354 e. The van der Waals surface area contributed by atoms with Gasteiger partial charge in [-0.25, -0.2) is 0 Å². The second-order valence-corrected chi connectivity index (χ2v) is 5.85. The summed E-state index contributed by atoms with van der Waals surface area (Å²) in [5.41, 5.74) is 0. The summed E-state index contributed by atoms with van der Waals surface area (Å²) < 4.78 is 0. The molecule has 1 N–H and O–H groups in total. The quantitative estimate of drug-likeness (QED) is 0.618. The Bertz CT molecular complexity index is 378. The van der Waals surface area contributed by atoms with Crippen molar-refractivity contribution in [2.24, 2.45) is 5.92 Å². The van der Waals surface area contributed by atoms with Gasteiger partial charge in [0.15, 0.2) is 0 Å². The van der Waals surface area contributed by atoms with Crippen LogP contribution in [0.3, 0.4) is 0 Å². The van der Waals surface area contributed by atoms with E-state index in [4.69, 9.17) is 0 Å². The second-order valence-electron chi connectivity index (χ2n) is 4.85. The van der Waals surface area contributed by atoms with Crippen LogP contribution in [0.2, 0.25) is 0 Å². The van der Waals surface area contributed by atoms with Crippen molar-refractivity contribution in [1.29, 1.82) is 0 Å². The number of allylic oxidation sites excluding steroid dienone is 3. The van der Waals surface area contributed by atoms with Gasteiger partial charge in [0.1, 0.15) is 6.04 Å². The molecule has 0 aliphatic carbocycles. The van der Waals surface area contributed by atoms with E-state index in [1.807, 2.05) is 26.8 Å². The zero-order valence-corrected chi connectivity index (χ0v) is 12.6. The van der Waals surface area contributed by atoms with Gasteiger partial charge in [0.25, 0.3) is 0 Å². The highest BCUT2D eigenvalue weighted by molar-refractivity contribution is 7.99. The minimum atomic E-state index is -0.341. The summed E-state index contributed by atoms with van der Waals surface area (Å²) in [6.07, 6.45) is 6.87. The Hall–Kier alpha value is -1.23. The van der Waals surface area contributed by atoms with E-state index < -0.39 is 0 Å². The van der Waals surface area contributed by atoms with Crippen molar-refractivity contribution in [3.8, 4) is 0 Å². The van der Waals surface area contributed by atoms with Crippen LogP contribution in [0.25, 0.3) is 0 Å². The van der Waals surface area contributed by atoms with E-state index in [9.17, 15) is 9.59 Å². The first-order valence-corrected chi connectivity index (χ1v) is 7.67. The smallest absolute Gasteiger partial charge is 0.247 e. The topological polar surface area (TPSA) is 49.4 Å². The normalized spacial score (nSPS) is 19.8. The van der Waals surface area contributed by atoms with Gasteiger partial charge < -0.3 is 10.2 Å². The van der Waals surface area contributed by atoms with E-state index in [-0.39, 0.29) is 17.9 Å². The Kier molecular flexibility index (Phi) is 6.70. The fourth-order valence-corrected chi connectivity index (χ4v) is 2.81. The Morgan fingerprint density at radius 3 is 2.79 bits per heavy atom. The molecule has 1 fully saturated rings. The van der Waals surface area contributed by atoms with E-state index in [0.29, 0.717) is 24.1 Å². The van der Waals surface area contributed by atoms with Gasteiger partial charge >= 0.3 is 0 Å². The van der Waals surface area contributed by atoms with Gasteiger partial charge in [-0.1, -0.05) is 32.1 Å². The van der Waals surface area contributed by atoms with Gasteiger partial charge in [-0.05, 0) is 12.8 Å². The molecular formula is C14H22N2O2S. The fourth-order valence-electron chi connectivity index (χ4n) is 1.64. The number of hydrogen-bond acceptors (Lipinski definition) is 3. The molecule has 1 atom stereocenters. The predicted octanol–water partition coefficient (Wildman–Crippen LogP) is 1.79. The van der Waals surface area contributed by atoms with Gasteiger partial charge in [0, 0.05) is 18.4 Å². The maximum absolute atomic E-state index is 12.0. The van der Waals surface area contributed by atoms with Crippen LogP contribution in [0.5, 0.6) is 0 Å². The first-order valence-electron chi connectivity index (χ1n) is 6.51. The molecule has 5 heteroatoms. The highest BCUT2D eigenvalue weighted by Gasteiger charge is 2.33. The average Bonchev–Trinajstić information content (AvgIpc) is 2.85. The van der Waals surface area contributed by atoms with Gasteiger partial charge in [-0.2, -0.15) is 0 Å². The van der Waals surface area contributed by atoms with E-state index in [1.165, 1.54) is 6.08 Å². The first kappa shape index (κ1) is 15.8. The Labute approximate surface area is 119 Å². The van der Waals surface area contributed by atoms with Crippen LogP contribution in [0, 0.1) is 5.92 Å². The average molecular weight is 282 g/mol. The summed E-state index contributed by atoms with van der Waals surface area (Å²) in [6.45, 7) is 6.64. The van der Waals surface area contributed by atoms with Crippen molar-refractivity contribution in [2.45, 2.75) is 26.8 Å². The molecule has 0 bridgehead atoms. The number of nitrogens with zero attached hydrogens (tertiary/aromatic N) is 1. The zero-order valence-electron chi connectivity index (χ0n) is 11.8. The van der Waals surface area contributed by atoms with E-state index >= 15 is 0 Å². The maximum atomic E-state index is 12.0. The van der Waals surface area contributed by atoms with Crippen LogP contribution in [-0.2, 0) is 9.59 Å². The maximum Gasteiger partial charge on any atom is 0.247 e. The van der Waals surface area contributed by atoms with Crippen molar-refractivity contribution in [1.82, 2.24) is 10.2 Å². The number of hydrogen-bond donors (Lipinski definition) is 1. The van der Waals surface area contributed by atoms with Crippen LogP contribution in [0.4, 0.5) is 0 Å². The van der Waals surface area contributed by atoms with Crippen molar-refractivity contribution in [3.63, 3.8) is 0 Å².